The summed E-state index contributed by atoms with van der Waals surface area (Å²) in [6.45, 7) is 8.52. The second kappa shape index (κ2) is 2.89. The topological polar surface area (TPSA) is 40.5 Å². The highest BCUT2D eigenvalue weighted by atomic mass is 16.3. The van der Waals surface area contributed by atoms with Crippen molar-refractivity contribution in [2.45, 2.75) is 46.3 Å². The quantitative estimate of drug-likeness (QED) is 0.681. The van der Waals surface area contributed by atoms with Gasteiger partial charge < -0.3 is 10.0 Å². The summed E-state index contributed by atoms with van der Waals surface area (Å²) in [6, 6.07) is 0. The lowest BCUT2D eigenvalue weighted by molar-refractivity contribution is -0.150. The van der Waals surface area contributed by atoms with Crippen LogP contribution in [-0.4, -0.2) is 28.7 Å². The van der Waals surface area contributed by atoms with Crippen LogP contribution in [0.3, 0.4) is 0 Å². The number of hydrogen-bond donors (Lipinski definition) is 1. The van der Waals surface area contributed by atoms with E-state index in [0.29, 0.717) is 6.42 Å². The molecule has 16 heavy (non-hydrogen) atoms. The van der Waals surface area contributed by atoms with Crippen LogP contribution in [0.5, 0.6) is 0 Å². The Bertz CT molecular complexity index is 381. The minimum absolute atomic E-state index is 0.0501. The Morgan fingerprint density at radius 2 is 1.81 bits per heavy atom. The summed E-state index contributed by atoms with van der Waals surface area (Å²) in [4.78, 5) is 13.2. The fourth-order valence-electron chi connectivity index (χ4n) is 3.67. The van der Waals surface area contributed by atoms with Crippen molar-refractivity contribution in [1.29, 1.82) is 0 Å². The molecule has 0 bridgehead atoms. The van der Waals surface area contributed by atoms with Gasteiger partial charge >= 0.3 is 0 Å². The number of likely N-dealkylation sites (N-methyl/N-ethyl adjacent to an activating group) is 1. The summed E-state index contributed by atoms with van der Waals surface area (Å²) in [7, 11) is 1.68. The van der Waals surface area contributed by atoms with E-state index < -0.39 is 5.72 Å². The Balaban J connectivity index is 2.52. The lowest BCUT2D eigenvalue weighted by atomic mass is 9.60. The molecule has 0 spiro atoms. The SMILES string of the molecule is CN1C(=O)C=C2C(C)(C)CC(C)(C)CC21O. The van der Waals surface area contributed by atoms with E-state index in [9.17, 15) is 9.90 Å². The van der Waals surface area contributed by atoms with Crippen molar-refractivity contribution in [2.75, 3.05) is 7.05 Å². The zero-order chi connectivity index (χ0) is 12.4. The van der Waals surface area contributed by atoms with Crippen molar-refractivity contribution in [1.82, 2.24) is 4.90 Å². The van der Waals surface area contributed by atoms with Gasteiger partial charge in [0, 0.05) is 19.5 Å². The third kappa shape index (κ3) is 1.41. The second-order valence-electron chi connectivity index (χ2n) is 6.67. The highest BCUT2D eigenvalue weighted by Gasteiger charge is 2.56. The number of fused-ring (bicyclic) bond motifs is 1. The van der Waals surface area contributed by atoms with Crippen molar-refractivity contribution in [3.05, 3.63) is 11.6 Å². The number of rotatable bonds is 0. The van der Waals surface area contributed by atoms with Gasteiger partial charge in [-0.3, -0.25) is 4.79 Å². The third-order valence-corrected chi connectivity index (χ3v) is 3.96. The van der Waals surface area contributed by atoms with Gasteiger partial charge in [0.15, 0.2) is 5.72 Å². The van der Waals surface area contributed by atoms with Gasteiger partial charge in [-0.1, -0.05) is 27.7 Å². The molecule has 1 unspecified atom stereocenters. The second-order valence-corrected chi connectivity index (χ2v) is 6.67. The maximum atomic E-state index is 11.7. The van der Waals surface area contributed by atoms with Crippen molar-refractivity contribution in [3.63, 3.8) is 0 Å². The van der Waals surface area contributed by atoms with Crippen molar-refractivity contribution >= 4 is 5.91 Å². The van der Waals surface area contributed by atoms with E-state index in [0.717, 1.165) is 12.0 Å². The number of carbonyl (C=O) groups is 1. The fraction of sp³-hybridized carbons (Fsp3) is 0.769. The van der Waals surface area contributed by atoms with Gasteiger partial charge in [0.1, 0.15) is 0 Å². The van der Waals surface area contributed by atoms with Crippen LogP contribution >= 0.6 is 0 Å². The first-order valence-electron chi connectivity index (χ1n) is 5.81. The molecule has 1 amide bonds. The number of amides is 1. The summed E-state index contributed by atoms with van der Waals surface area (Å²) < 4.78 is 0. The van der Waals surface area contributed by atoms with Gasteiger partial charge in [0.25, 0.3) is 0 Å². The molecule has 2 aliphatic rings. The number of aliphatic hydroxyl groups is 1. The molecule has 90 valence electrons. The van der Waals surface area contributed by atoms with Crippen LogP contribution in [0.2, 0.25) is 0 Å². The molecular formula is C13H21NO2. The zero-order valence-electron chi connectivity index (χ0n) is 10.8. The summed E-state index contributed by atoms with van der Waals surface area (Å²) in [5.74, 6) is -0.0803. The predicted octanol–water partition coefficient (Wildman–Crippen LogP) is 1.92. The first-order chi connectivity index (χ1) is 7.08. The van der Waals surface area contributed by atoms with Crippen molar-refractivity contribution < 1.29 is 9.90 Å². The van der Waals surface area contributed by atoms with Crippen LogP contribution in [0.1, 0.15) is 40.5 Å². The fourth-order valence-corrected chi connectivity index (χ4v) is 3.67. The Labute approximate surface area is 97.1 Å². The number of nitrogens with zero attached hydrogens (tertiary/aromatic N) is 1. The molecule has 1 heterocycles. The van der Waals surface area contributed by atoms with E-state index >= 15 is 0 Å². The van der Waals surface area contributed by atoms with E-state index in [1.807, 2.05) is 0 Å². The zero-order valence-corrected chi connectivity index (χ0v) is 10.8. The van der Waals surface area contributed by atoms with Gasteiger partial charge in [0.2, 0.25) is 5.91 Å². The highest BCUT2D eigenvalue weighted by Crippen LogP contribution is 2.56. The molecule has 3 heteroatoms. The van der Waals surface area contributed by atoms with Gasteiger partial charge in [-0.15, -0.1) is 0 Å². The Morgan fingerprint density at radius 1 is 1.25 bits per heavy atom. The molecule has 3 nitrogen and oxygen atoms in total. The van der Waals surface area contributed by atoms with Gasteiger partial charge in [-0.25, -0.2) is 0 Å². The van der Waals surface area contributed by atoms with Crippen LogP contribution in [0.25, 0.3) is 0 Å². The minimum Gasteiger partial charge on any atom is -0.367 e. The summed E-state index contributed by atoms with van der Waals surface area (Å²) >= 11 is 0. The Morgan fingerprint density at radius 3 is 2.38 bits per heavy atom. The smallest absolute Gasteiger partial charge is 0.248 e. The predicted molar refractivity (Wildman–Crippen MR) is 62.6 cm³/mol. The maximum absolute atomic E-state index is 11.7. The van der Waals surface area contributed by atoms with Crippen LogP contribution in [0, 0.1) is 10.8 Å². The molecule has 0 aromatic rings. The first kappa shape index (κ1) is 11.6. The van der Waals surface area contributed by atoms with E-state index in [2.05, 4.69) is 27.7 Å². The van der Waals surface area contributed by atoms with Crippen LogP contribution < -0.4 is 0 Å². The minimum atomic E-state index is -1.07. The molecule has 1 N–H and O–H groups in total. The molecule has 1 aliphatic carbocycles. The number of hydrogen-bond acceptors (Lipinski definition) is 2. The first-order valence-corrected chi connectivity index (χ1v) is 5.81. The Hall–Kier alpha value is -0.830. The average molecular weight is 223 g/mol. The third-order valence-electron chi connectivity index (χ3n) is 3.96. The average Bonchev–Trinajstić information content (AvgIpc) is 2.26. The molecule has 1 aliphatic heterocycles. The molecule has 0 aromatic carbocycles. The lowest BCUT2D eigenvalue weighted by Crippen LogP contribution is -2.55. The van der Waals surface area contributed by atoms with Crippen LogP contribution in [0.15, 0.2) is 11.6 Å². The lowest BCUT2D eigenvalue weighted by Gasteiger charge is -2.51. The largest absolute Gasteiger partial charge is 0.367 e. The maximum Gasteiger partial charge on any atom is 0.248 e. The van der Waals surface area contributed by atoms with E-state index in [-0.39, 0.29) is 16.7 Å². The molecular weight excluding hydrogens is 202 g/mol. The molecule has 0 radical (unpaired) electrons. The van der Waals surface area contributed by atoms with Crippen molar-refractivity contribution in [3.8, 4) is 0 Å². The Kier molecular flexibility index (Phi) is 2.10. The van der Waals surface area contributed by atoms with E-state index in [1.165, 1.54) is 4.90 Å². The molecule has 1 fully saturated rings. The van der Waals surface area contributed by atoms with Crippen molar-refractivity contribution in [2.24, 2.45) is 10.8 Å². The highest BCUT2D eigenvalue weighted by molar-refractivity contribution is 5.92. The summed E-state index contributed by atoms with van der Waals surface area (Å²) in [6.07, 6.45) is 3.24. The molecule has 2 rings (SSSR count). The van der Waals surface area contributed by atoms with Gasteiger partial charge in [-0.05, 0) is 22.8 Å². The van der Waals surface area contributed by atoms with Crippen LogP contribution in [-0.2, 0) is 4.79 Å². The molecule has 0 saturated heterocycles. The molecule has 1 atom stereocenters. The van der Waals surface area contributed by atoms with E-state index in [4.69, 9.17) is 0 Å². The standard InChI is InChI=1S/C13H21NO2/c1-11(2)7-12(3,4)9-6-10(15)14(5)13(9,16)8-11/h6,16H,7-8H2,1-5H3. The molecule has 0 aromatic heterocycles. The van der Waals surface area contributed by atoms with Gasteiger partial charge in [0.05, 0.1) is 0 Å². The normalized spacial score (nSPS) is 36.0. The number of carbonyl (C=O) groups excluding carboxylic acids is 1. The van der Waals surface area contributed by atoms with Crippen LogP contribution in [0.4, 0.5) is 0 Å². The van der Waals surface area contributed by atoms with Gasteiger partial charge in [-0.2, -0.15) is 0 Å². The summed E-state index contributed by atoms with van der Waals surface area (Å²) in [5, 5.41) is 10.8. The monoisotopic (exact) mass is 223 g/mol. The summed E-state index contributed by atoms with van der Waals surface area (Å²) in [5.41, 5.74) is -0.250. The van der Waals surface area contributed by atoms with E-state index in [1.54, 1.807) is 13.1 Å². The molecule has 1 saturated carbocycles.